The molecule has 1 aromatic carbocycles. The molecule has 0 fully saturated rings. The number of pyridine rings is 1. The number of esters is 1. The molecule has 2 heterocycles. The molecule has 0 bridgehead atoms. The highest BCUT2D eigenvalue weighted by molar-refractivity contribution is 7.99. The Morgan fingerprint density at radius 1 is 1.10 bits per heavy atom. The van der Waals surface area contributed by atoms with Crippen LogP contribution in [0, 0.1) is 6.92 Å². The number of anilines is 1. The van der Waals surface area contributed by atoms with Crippen LogP contribution in [0.4, 0.5) is 5.69 Å². The van der Waals surface area contributed by atoms with Crippen LogP contribution >= 0.6 is 11.8 Å². The number of aromatic nitrogens is 3. The number of rotatable bonds is 7. The van der Waals surface area contributed by atoms with Gasteiger partial charge in [-0.2, -0.15) is 5.10 Å². The standard InChI is InChI=1S/C21H22N4O3S/c1-4-28-21(27)18-13-23-25(14(18)3)17-9-6-15(7-10-17)20(26)24-16-8-11-19(22-12-16)29-5-2/h6-13H,4-5H2,1-3H3,(H,24,26). The summed E-state index contributed by atoms with van der Waals surface area (Å²) in [5, 5.41) is 8.02. The molecule has 0 atom stereocenters. The molecule has 3 aromatic rings. The van der Waals surface area contributed by atoms with Crippen LogP contribution < -0.4 is 5.32 Å². The van der Waals surface area contributed by atoms with E-state index >= 15 is 0 Å². The smallest absolute Gasteiger partial charge is 0.341 e. The maximum Gasteiger partial charge on any atom is 0.341 e. The van der Waals surface area contributed by atoms with E-state index in [1.165, 1.54) is 6.20 Å². The van der Waals surface area contributed by atoms with Crippen molar-refractivity contribution < 1.29 is 14.3 Å². The molecule has 1 N–H and O–H groups in total. The van der Waals surface area contributed by atoms with Crippen LogP contribution in [0.5, 0.6) is 0 Å². The van der Waals surface area contributed by atoms with Gasteiger partial charge in [0.25, 0.3) is 5.91 Å². The van der Waals surface area contributed by atoms with Crippen LogP contribution in [-0.4, -0.2) is 39.0 Å². The lowest BCUT2D eigenvalue weighted by molar-refractivity contribution is 0.0525. The van der Waals surface area contributed by atoms with E-state index in [4.69, 9.17) is 4.74 Å². The molecule has 0 saturated carbocycles. The highest BCUT2D eigenvalue weighted by Gasteiger charge is 2.16. The van der Waals surface area contributed by atoms with Crippen LogP contribution in [0.3, 0.4) is 0 Å². The number of ether oxygens (including phenoxy) is 1. The SMILES string of the molecule is CCOC(=O)c1cnn(-c2ccc(C(=O)Nc3ccc(SCC)nc3)cc2)c1C. The van der Waals surface area contributed by atoms with Crippen LogP contribution in [-0.2, 0) is 4.74 Å². The van der Waals surface area contributed by atoms with Crippen molar-refractivity contribution in [1.29, 1.82) is 0 Å². The fourth-order valence-electron chi connectivity index (χ4n) is 2.72. The quantitative estimate of drug-likeness (QED) is 0.466. The molecule has 0 radical (unpaired) electrons. The van der Waals surface area contributed by atoms with Gasteiger partial charge in [0.2, 0.25) is 0 Å². The van der Waals surface area contributed by atoms with Gasteiger partial charge in [-0.15, -0.1) is 11.8 Å². The van der Waals surface area contributed by atoms with Gasteiger partial charge < -0.3 is 10.1 Å². The van der Waals surface area contributed by atoms with E-state index in [0.29, 0.717) is 29.1 Å². The average Bonchev–Trinajstić information content (AvgIpc) is 3.11. The summed E-state index contributed by atoms with van der Waals surface area (Å²) in [7, 11) is 0. The number of hydrogen-bond acceptors (Lipinski definition) is 6. The molecule has 29 heavy (non-hydrogen) atoms. The first-order chi connectivity index (χ1) is 14.0. The fourth-order valence-corrected chi connectivity index (χ4v) is 3.31. The van der Waals surface area contributed by atoms with Crippen molar-refractivity contribution >= 4 is 29.3 Å². The molecule has 0 unspecified atom stereocenters. The number of thioether (sulfide) groups is 1. The highest BCUT2D eigenvalue weighted by atomic mass is 32.2. The zero-order chi connectivity index (χ0) is 20.8. The molecule has 7 nitrogen and oxygen atoms in total. The van der Waals surface area contributed by atoms with Gasteiger partial charge in [-0.25, -0.2) is 14.5 Å². The van der Waals surface area contributed by atoms with E-state index < -0.39 is 5.97 Å². The maximum atomic E-state index is 12.5. The van der Waals surface area contributed by atoms with Crippen molar-refractivity contribution in [2.24, 2.45) is 0 Å². The number of nitrogens with zero attached hydrogens (tertiary/aromatic N) is 3. The molecule has 2 aromatic heterocycles. The van der Waals surface area contributed by atoms with Crippen LogP contribution in [0.15, 0.2) is 53.8 Å². The molecule has 8 heteroatoms. The zero-order valence-electron chi connectivity index (χ0n) is 16.5. The van der Waals surface area contributed by atoms with E-state index in [0.717, 1.165) is 16.5 Å². The molecule has 0 spiro atoms. The second kappa shape index (κ2) is 9.38. The largest absolute Gasteiger partial charge is 0.462 e. The van der Waals surface area contributed by atoms with Crippen molar-refractivity contribution in [3.05, 3.63) is 65.6 Å². The van der Waals surface area contributed by atoms with Gasteiger partial charge in [0, 0.05) is 5.56 Å². The molecular weight excluding hydrogens is 388 g/mol. The average molecular weight is 410 g/mol. The fraction of sp³-hybridized carbons (Fsp3) is 0.238. The second-order valence-electron chi connectivity index (χ2n) is 6.10. The van der Waals surface area contributed by atoms with E-state index in [1.807, 2.05) is 12.1 Å². The molecule has 0 aliphatic rings. The lowest BCUT2D eigenvalue weighted by Crippen LogP contribution is -2.12. The number of carbonyl (C=O) groups excluding carboxylic acids is 2. The summed E-state index contributed by atoms with van der Waals surface area (Å²) in [4.78, 5) is 28.7. The number of carbonyl (C=O) groups is 2. The molecule has 1 amide bonds. The van der Waals surface area contributed by atoms with Gasteiger partial charge in [-0.3, -0.25) is 4.79 Å². The first-order valence-corrected chi connectivity index (χ1v) is 10.2. The Labute approximate surface area is 173 Å². The molecule has 150 valence electrons. The van der Waals surface area contributed by atoms with E-state index in [-0.39, 0.29) is 5.91 Å². The summed E-state index contributed by atoms with van der Waals surface area (Å²) in [6.45, 7) is 5.93. The summed E-state index contributed by atoms with van der Waals surface area (Å²) >= 11 is 1.64. The van der Waals surface area contributed by atoms with E-state index in [1.54, 1.807) is 60.8 Å². The summed E-state index contributed by atoms with van der Waals surface area (Å²) in [6.07, 6.45) is 3.13. The number of nitrogens with one attached hydrogen (secondary N) is 1. The minimum atomic E-state index is -0.399. The zero-order valence-corrected chi connectivity index (χ0v) is 17.3. The van der Waals surface area contributed by atoms with Crippen molar-refractivity contribution in [2.45, 2.75) is 25.8 Å². The lowest BCUT2D eigenvalue weighted by atomic mass is 10.2. The van der Waals surface area contributed by atoms with Gasteiger partial charge in [-0.05, 0) is 56.0 Å². The Bertz CT molecular complexity index is 998. The van der Waals surface area contributed by atoms with Crippen molar-refractivity contribution in [2.75, 3.05) is 17.7 Å². The number of hydrogen-bond donors (Lipinski definition) is 1. The molecule has 0 aliphatic heterocycles. The van der Waals surface area contributed by atoms with Crippen molar-refractivity contribution in [1.82, 2.24) is 14.8 Å². The van der Waals surface area contributed by atoms with Gasteiger partial charge in [-0.1, -0.05) is 6.92 Å². The van der Waals surface area contributed by atoms with Gasteiger partial charge in [0.05, 0.1) is 41.1 Å². The van der Waals surface area contributed by atoms with Crippen LogP contribution in [0.1, 0.15) is 40.3 Å². The van der Waals surface area contributed by atoms with Crippen LogP contribution in [0.2, 0.25) is 0 Å². The summed E-state index contributed by atoms with van der Waals surface area (Å²) < 4.78 is 6.68. The molecule has 3 rings (SSSR count). The second-order valence-corrected chi connectivity index (χ2v) is 7.38. The third-order valence-corrected chi connectivity index (χ3v) is 4.99. The third kappa shape index (κ3) is 4.83. The van der Waals surface area contributed by atoms with E-state index in [2.05, 4.69) is 22.3 Å². The molecule has 0 aliphatic carbocycles. The lowest BCUT2D eigenvalue weighted by Gasteiger charge is -2.08. The Morgan fingerprint density at radius 3 is 2.48 bits per heavy atom. The third-order valence-electron chi connectivity index (χ3n) is 4.17. The predicted molar refractivity (Wildman–Crippen MR) is 113 cm³/mol. The summed E-state index contributed by atoms with van der Waals surface area (Å²) in [5.74, 6) is 0.324. The van der Waals surface area contributed by atoms with Crippen molar-refractivity contribution in [3.63, 3.8) is 0 Å². The first kappa shape index (κ1) is 20.6. The monoisotopic (exact) mass is 410 g/mol. The summed E-state index contributed by atoms with van der Waals surface area (Å²) in [5.41, 5.74) is 3.00. The maximum absolute atomic E-state index is 12.5. The molecular formula is C21H22N4O3S. The Hall–Kier alpha value is -3.13. The first-order valence-electron chi connectivity index (χ1n) is 9.25. The highest BCUT2D eigenvalue weighted by Crippen LogP contribution is 2.18. The van der Waals surface area contributed by atoms with Crippen LogP contribution in [0.25, 0.3) is 5.69 Å². The minimum absolute atomic E-state index is 0.223. The predicted octanol–water partition coefficient (Wildman–Crippen LogP) is 4.12. The number of amides is 1. The molecule has 0 saturated heterocycles. The Kier molecular flexibility index (Phi) is 6.66. The minimum Gasteiger partial charge on any atom is -0.462 e. The number of benzene rings is 1. The Morgan fingerprint density at radius 2 is 1.86 bits per heavy atom. The van der Waals surface area contributed by atoms with Gasteiger partial charge >= 0.3 is 5.97 Å². The Balaban J connectivity index is 1.71. The van der Waals surface area contributed by atoms with E-state index in [9.17, 15) is 9.59 Å². The topological polar surface area (TPSA) is 86.1 Å². The normalized spacial score (nSPS) is 10.6. The van der Waals surface area contributed by atoms with Gasteiger partial charge in [0.1, 0.15) is 5.56 Å². The van der Waals surface area contributed by atoms with Crippen molar-refractivity contribution in [3.8, 4) is 5.69 Å². The summed E-state index contributed by atoms with van der Waals surface area (Å²) in [6, 6.07) is 10.7. The van der Waals surface area contributed by atoms with Gasteiger partial charge in [0.15, 0.2) is 0 Å².